The summed E-state index contributed by atoms with van der Waals surface area (Å²) in [7, 11) is 0. The first-order valence-corrected chi connectivity index (χ1v) is 6.56. The molecule has 100 valence electrons. The average Bonchev–Trinajstić information content (AvgIpc) is 2.97. The third-order valence-electron chi connectivity index (χ3n) is 3.26. The van der Waals surface area contributed by atoms with Gasteiger partial charge in [-0.25, -0.2) is 0 Å². The van der Waals surface area contributed by atoms with Crippen molar-refractivity contribution in [2.75, 3.05) is 13.2 Å². The molecule has 0 aliphatic carbocycles. The van der Waals surface area contributed by atoms with Gasteiger partial charge >= 0.3 is 0 Å². The second kappa shape index (κ2) is 5.71. The first-order valence-electron chi connectivity index (χ1n) is 6.18. The molecule has 1 fully saturated rings. The van der Waals surface area contributed by atoms with Gasteiger partial charge in [-0.15, -0.1) is 0 Å². The maximum absolute atomic E-state index is 12.0. The van der Waals surface area contributed by atoms with Gasteiger partial charge in [-0.1, -0.05) is 11.6 Å². The van der Waals surface area contributed by atoms with Gasteiger partial charge in [0.2, 0.25) is 5.91 Å². The Kier molecular flexibility index (Phi) is 4.24. The molecule has 2 atom stereocenters. The van der Waals surface area contributed by atoms with Gasteiger partial charge in [0.15, 0.2) is 0 Å². The minimum atomic E-state index is -0.362. The van der Waals surface area contributed by atoms with E-state index in [0.29, 0.717) is 11.6 Å². The molecule has 1 aliphatic heterocycles. The predicted molar refractivity (Wildman–Crippen MR) is 68.7 cm³/mol. The van der Waals surface area contributed by atoms with Gasteiger partial charge in [0.1, 0.15) is 6.04 Å². The number of nitrogens with one attached hydrogen (secondary N) is 1. The van der Waals surface area contributed by atoms with Crippen LogP contribution in [-0.4, -0.2) is 34.9 Å². The number of carbonyl (C=O) groups excluding carboxylic acids is 1. The number of nitrogens with zero attached hydrogens (tertiary/aromatic N) is 2. The minimum absolute atomic E-state index is 0.0617. The molecule has 18 heavy (non-hydrogen) atoms. The highest BCUT2D eigenvalue weighted by atomic mass is 35.5. The van der Waals surface area contributed by atoms with E-state index >= 15 is 0 Å². The van der Waals surface area contributed by atoms with Gasteiger partial charge in [0, 0.05) is 13.2 Å². The van der Waals surface area contributed by atoms with E-state index < -0.39 is 0 Å². The van der Waals surface area contributed by atoms with E-state index in [1.165, 1.54) is 0 Å². The molecule has 2 unspecified atom stereocenters. The Morgan fingerprint density at radius 2 is 2.56 bits per heavy atom. The van der Waals surface area contributed by atoms with E-state index in [1.807, 2.05) is 6.92 Å². The van der Waals surface area contributed by atoms with E-state index in [2.05, 4.69) is 10.4 Å². The number of ether oxygens (including phenoxy) is 1. The lowest BCUT2D eigenvalue weighted by Crippen LogP contribution is -2.36. The van der Waals surface area contributed by atoms with E-state index in [9.17, 15) is 4.79 Å². The Labute approximate surface area is 111 Å². The van der Waals surface area contributed by atoms with Crippen LogP contribution in [0.5, 0.6) is 0 Å². The summed E-state index contributed by atoms with van der Waals surface area (Å²) in [4.78, 5) is 12.0. The third kappa shape index (κ3) is 2.84. The van der Waals surface area contributed by atoms with Crippen molar-refractivity contribution in [1.29, 1.82) is 0 Å². The molecule has 0 aromatic carbocycles. The summed E-state index contributed by atoms with van der Waals surface area (Å²) in [6.45, 7) is 5.02. The molecule has 2 heterocycles. The molecule has 6 heteroatoms. The Bertz CT molecular complexity index is 427. The number of aromatic nitrogens is 2. The van der Waals surface area contributed by atoms with Crippen molar-refractivity contribution in [3.05, 3.63) is 16.9 Å². The summed E-state index contributed by atoms with van der Waals surface area (Å²) in [5, 5.41) is 7.58. The average molecular weight is 272 g/mol. The van der Waals surface area contributed by atoms with Crippen LogP contribution in [0.15, 0.2) is 6.20 Å². The van der Waals surface area contributed by atoms with Crippen LogP contribution >= 0.6 is 11.6 Å². The molecular formula is C12H18ClN3O2. The lowest BCUT2D eigenvalue weighted by molar-refractivity contribution is -0.124. The number of hydrogen-bond acceptors (Lipinski definition) is 3. The molecule has 1 aromatic heterocycles. The van der Waals surface area contributed by atoms with Crippen LogP contribution in [0.3, 0.4) is 0 Å². The van der Waals surface area contributed by atoms with Crippen molar-refractivity contribution in [1.82, 2.24) is 15.1 Å². The summed E-state index contributed by atoms with van der Waals surface area (Å²) in [5.41, 5.74) is 0.802. The molecule has 0 spiro atoms. The number of rotatable bonds is 4. The zero-order valence-corrected chi connectivity index (χ0v) is 11.4. The highest BCUT2D eigenvalue weighted by molar-refractivity contribution is 6.31. The molecule has 2 rings (SSSR count). The van der Waals surface area contributed by atoms with Crippen LogP contribution in [0.2, 0.25) is 5.02 Å². The van der Waals surface area contributed by atoms with Crippen molar-refractivity contribution < 1.29 is 9.53 Å². The lowest BCUT2D eigenvalue weighted by atomic mass is 10.2. The van der Waals surface area contributed by atoms with Crippen molar-refractivity contribution in [2.24, 2.45) is 0 Å². The molecule has 1 aliphatic rings. The fourth-order valence-electron chi connectivity index (χ4n) is 2.07. The normalized spacial score (nSPS) is 20.9. The Hall–Kier alpha value is -1.07. The maximum Gasteiger partial charge on any atom is 0.244 e. The van der Waals surface area contributed by atoms with Gasteiger partial charge in [-0.05, 0) is 26.7 Å². The highest BCUT2D eigenvalue weighted by Gasteiger charge is 2.21. The predicted octanol–water partition coefficient (Wildman–Crippen LogP) is 1.70. The summed E-state index contributed by atoms with van der Waals surface area (Å²) < 4.78 is 7.09. The van der Waals surface area contributed by atoms with Crippen molar-refractivity contribution in [3.8, 4) is 0 Å². The number of amides is 1. The summed E-state index contributed by atoms with van der Waals surface area (Å²) in [6, 6.07) is -0.362. The Morgan fingerprint density at radius 3 is 3.11 bits per heavy atom. The van der Waals surface area contributed by atoms with Crippen molar-refractivity contribution in [3.63, 3.8) is 0 Å². The van der Waals surface area contributed by atoms with E-state index in [-0.39, 0.29) is 18.1 Å². The summed E-state index contributed by atoms with van der Waals surface area (Å²) >= 11 is 5.92. The van der Waals surface area contributed by atoms with Crippen molar-refractivity contribution >= 4 is 17.5 Å². The largest absolute Gasteiger partial charge is 0.376 e. The van der Waals surface area contributed by atoms with Gasteiger partial charge < -0.3 is 10.1 Å². The monoisotopic (exact) mass is 271 g/mol. The zero-order valence-electron chi connectivity index (χ0n) is 10.6. The Morgan fingerprint density at radius 1 is 1.78 bits per heavy atom. The standard InChI is InChI=1S/C12H18ClN3O2/c1-8-11(13)7-15-16(8)9(2)12(17)14-6-10-4-3-5-18-10/h7,9-10H,3-6H2,1-2H3,(H,14,17). The van der Waals surface area contributed by atoms with Crippen LogP contribution in [0.25, 0.3) is 0 Å². The van der Waals surface area contributed by atoms with Crippen LogP contribution in [-0.2, 0) is 9.53 Å². The van der Waals surface area contributed by atoms with Crippen LogP contribution < -0.4 is 5.32 Å². The molecule has 1 aromatic rings. The number of carbonyl (C=O) groups is 1. The molecule has 0 bridgehead atoms. The third-order valence-corrected chi connectivity index (χ3v) is 3.63. The van der Waals surface area contributed by atoms with E-state index in [0.717, 1.165) is 25.1 Å². The fraction of sp³-hybridized carbons (Fsp3) is 0.667. The van der Waals surface area contributed by atoms with Crippen LogP contribution in [0.4, 0.5) is 0 Å². The van der Waals surface area contributed by atoms with Crippen molar-refractivity contribution in [2.45, 2.75) is 38.8 Å². The molecule has 1 saturated heterocycles. The maximum atomic E-state index is 12.0. The zero-order chi connectivity index (χ0) is 13.1. The van der Waals surface area contributed by atoms with Gasteiger partial charge in [0.05, 0.1) is 23.0 Å². The topological polar surface area (TPSA) is 56.2 Å². The fourth-order valence-corrected chi connectivity index (χ4v) is 2.20. The lowest BCUT2D eigenvalue weighted by Gasteiger charge is -2.16. The molecule has 1 amide bonds. The molecule has 0 radical (unpaired) electrons. The Balaban J connectivity index is 1.90. The first-order chi connectivity index (χ1) is 8.59. The van der Waals surface area contributed by atoms with Gasteiger partial charge in [0.25, 0.3) is 0 Å². The van der Waals surface area contributed by atoms with Crippen LogP contribution in [0.1, 0.15) is 31.5 Å². The van der Waals surface area contributed by atoms with Gasteiger partial charge in [-0.2, -0.15) is 5.10 Å². The summed E-state index contributed by atoms with van der Waals surface area (Å²) in [5.74, 6) is -0.0617. The smallest absolute Gasteiger partial charge is 0.244 e. The van der Waals surface area contributed by atoms with Crippen LogP contribution in [0, 0.1) is 6.92 Å². The second-order valence-corrected chi connectivity index (χ2v) is 4.99. The molecule has 5 nitrogen and oxygen atoms in total. The SMILES string of the molecule is Cc1c(Cl)cnn1C(C)C(=O)NCC1CCCO1. The second-order valence-electron chi connectivity index (χ2n) is 4.58. The minimum Gasteiger partial charge on any atom is -0.376 e. The molecule has 1 N–H and O–H groups in total. The quantitative estimate of drug-likeness (QED) is 0.907. The number of hydrogen-bond donors (Lipinski definition) is 1. The number of halogens is 1. The van der Waals surface area contributed by atoms with E-state index in [4.69, 9.17) is 16.3 Å². The highest BCUT2D eigenvalue weighted by Crippen LogP contribution is 2.18. The molecular weight excluding hydrogens is 254 g/mol. The summed E-state index contributed by atoms with van der Waals surface area (Å²) in [6.07, 6.45) is 3.80. The first kappa shape index (κ1) is 13.4. The molecule has 0 saturated carbocycles. The van der Waals surface area contributed by atoms with E-state index in [1.54, 1.807) is 17.8 Å². The van der Waals surface area contributed by atoms with Gasteiger partial charge in [-0.3, -0.25) is 9.48 Å².